The second kappa shape index (κ2) is 5.50. The third-order valence-electron chi connectivity index (χ3n) is 3.32. The molecular formula is C14H17N3O2. The Kier molecular flexibility index (Phi) is 3.57. The van der Waals surface area contributed by atoms with Crippen LogP contribution in [0, 0.1) is 0 Å². The van der Waals surface area contributed by atoms with Crippen molar-refractivity contribution in [2.24, 2.45) is 5.73 Å². The standard InChI is InChI=1S/C14H17N3O2/c15-8-7-10-4-1-2-5-11(10)14-16-13(17-19-14)12-6-3-9-18-12/h1-2,4-5,12H,3,6-9,15H2. The van der Waals surface area contributed by atoms with Gasteiger partial charge in [0.05, 0.1) is 0 Å². The Labute approximate surface area is 111 Å². The Morgan fingerprint density at radius 3 is 3.00 bits per heavy atom. The first-order chi connectivity index (χ1) is 9.38. The molecule has 2 aromatic rings. The highest BCUT2D eigenvalue weighted by molar-refractivity contribution is 5.58. The van der Waals surface area contributed by atoms with Crippen LogP contribution >= 0.6 is 0 Å². The maximum atomic E-state index is 5.63. The van der Waals surface area contributed by atoms with Crippen LogP contribution in [0.15, 0.2) is 28.8 Å². The molecule has 5 nitrogen and oxygen atoms in total. The summed E-state index contributed by atoms with van der Waals surface area (Å²) in [6.45, 7) is 1.38. The van der Waals surface area contributed by atoms with Gasteiger partial charge >= 0.3 is 0 Å². The van der Waals surface area contributed by atoms with E-state index in [9.17, 15) is 0 Å². The highest BCUT2D eigenvalue weighted by Crippen LogP contribution is 2.29. The molecule has 0 amide bonds. The molecule has 19 heavy (non-hydrogen) atoms. The van der Waals surface area contributed by atoms with Crippen molar-refractivity contribution in [3.8, 4) is 11.5 Å². The van der Waals surface area contributed by atoms with Crippen LogP contribution in [0.2, 0.25) is 0 Å². The molecule has 0 spiro atoms. The lowest BCUT2D eigenvalue weighted by Gasteiger charge is -2.04. The molecule has 1 saturated heterocycles. The molecular weight excluding hydrogens is 242 g/mol. The number of hydrogen-bond donors (Lipinski definition) is 1. The Hall–Kier alpha value is -1.72. The summed E-state index contributed by atoms with van der Waals surface area (Å²) in [5.41, 5.74) is 7.72. The number of nitrogens with two attached hydrogens (primary N) is 1. The van der Waals surface area contributed by atoms with Crippen LogP contribution in [-0.2, 0) is 11.2 Å². The van der Waals surface area contributed by atoms with Crippen LogP contribution in [0.25, 0.3) is 11.5 Å². The summed E-state index contributed by atoms with van der Waals surface area (Å²) in [6.07, 6.45) is 2.80. The van der Waals surface area contributed by atoms with Gasteiger partial charge in [-0.3, -0.25) is 0 Å². The molecule has 5 heteroatoms. The molecule has 0 saturated carbocycles. The number of aromatic nitrogens is 2. The molecule has 3 rings (SSSR count). The van der Waals surface area contributed by atoms with Gasteiger partial charge in [-0.15, -0.1) is 0 Å². The molecule has 1 aliphatic rings. The Morgan fingerprint density at radius 1 is 1.32 bits per heavy atom. The fourth-order valence-corrected chi connectivity index (χ4v) is 2.36. The average Bonchev–Trinajstić information content (AvgIpc) is 3.11. The van der Waals surface area contributed by atoms with Crippen LogP contribution < -0.4 is 5.73 Å². The zero-order valence-electron chi connectivity index (χ0n) is 10.7. The molecule has 0 aliphatic carbocycles. The van der Waals surface area contributed by atoms with E-state index in [0.29, 0.717) is 18.3 Å². The van der Waals surface area contributed by atoms with Crippen LogP contribution in [0.3, 0.4) is 0 Å². The van der Waals surface area contributed by atoms with E-state index in [0.717, 1.165) is 37.0 Å². The molecule has 0 radical (unpaired) electrons. The normalized spacial score (nSPS) is 18.9. The number of ether oxygens (including phenoxy) is 1. The van der Waals surface area contributed by atoms with Gasteiger partial charge in [0, 0.05) is 12.2 Å². The molecule has 1 aromatic heterocycles. The molecule has 1 atom stereocenters. The van der Waals surface area contributed by atoms with Gasteiger partial charge in [0.25, 0.3) is 5.89 Å². The van der Waals surface area contributed by atoms with Crippen LogP contribution in [0.5, 0.6) is 0 Å². The number of nitrogens with zero attached hydrogens (tertiary/aromatic N) is 2. The summed E-state index contributed by atoms with van der Waals surface area (Å²) in [5.74, 6) is 1.20. The van der Waals surface area contributed by atoms with E-state index in [1.165, 1.54) is 0 Å². The van der Waals surface area contributed by atoms with Crippen molar-refractivity contribution < 1.29 is 9.26 Å². The van der Waals surface area contributed by atoms with Crippen molar-refractivity contribution >= 4 is 0 Å². The largest absolute Gasteiger partial charge is 0.370 e. The van der Waals surface area contributed by atoms with E-state index >= 15 is 0 Å². The Bertz CT molecular complexity index is 547. The zero-order valence-corrected chi connectivity index (χ0v) is 10.7. The highest BCUT2D eigenvalue weighted by Gasteiger charge is 2.23. The second-order valence-electron chi connectivity index (χ2n) is 4.66. The van der Waals surface area contributed by atoms with E-state index in [4.69, 9.17) is 15.0 Å². The summed E-state index contributed by atoms with van der Waals surface area (Å²) in [5, 5.41) is 4.03. The first-order valence-corrected chi connectivity index (χ1v) is 6.62. The van der Waals surface area contributed by atoms with E-state index in [1.54, 1.807) is 0 Å². The van der Waals surface area contributed by atoms with Crippen molar-refractivity contribution in [2.75, 3.05) is 13.2 Å². The SMILES string of the molecule is NCCc1ccccc1-c1nc(C2CCCO2)no1. The van der Waals surface area contributed by atoms with Crippen molar-refractivity contribution in [1.82, 2.24) is 10.1 Å². The van der Waals surface area contributed by atoms with Gasteiger partial charge < -0.3 is 15.0 Å². The minimum atomic E-state index is -0.0147. The van der Waals surface area contributed by atoms with Crippen LogP contribution in [-0.4, -0.2) is 23.3 Å². The van der Waals surface area contributed by atoms with Gasteiger partial charge in [-0.25, -0.2) is 0 Å². The first kappa shape index (κ1) is 12.3. The van der Waals surface area contributed by atoms with Crippen LogP contribution in [0.4, 0.5) is 0 Å². The fraction of sp³-hybridized carbons (Fsp3) is 0.429. The summed E-state index contributed by atoms with van der Waals surface area (Å²) >= 11 is 0. The number of rotatable bonds is 4. The smallest absolute Gasteiger partial charge is 0.258 e. The molecule has 1 unspecified atom stereocenters. The van der Waals surface area contributed by atoms with Gasteiger partial charge in [0.2, 0.25) is 5.82 Å². The van der Waals surface area contributed by atoms with Crippen molar-refractivity contribution in [3.05, 3.63) is 35.7 Å². The maximum absolute atomic E-state index is 5.63. The van der Waals surface area contributed by atoms with Crippen LogP contribution in [0.1, 0.15) is 30.3 Å². The molecule has 2 heterocycles. The van der Waals surface area contributed by atoms with E-state index < -0.39 is 0 Å². The van der Waals surface area contributed by atoms with Crippen molar-refractivity contribution in [3.63, 3.8) is 0 Å². The minimum absolute atomic E-state index is 0.0147. The van der Waals surface area contributed by atoms with Gasteiger partial charge in [0.1, 0.15) is 6.10 Å². The quantitative estimate of drug-likeness (QED) is 0.910. The fourth-order valence-electron chi connectivity index (χ4n) is 2.36. The second-order valence-corrected chi connectivity index (χ2v) is 4.66. The van der Waals surface area contributed by atoms with E-state index in [1.807, 2.05) is 24.3 Å². The molecule has 2 N–H and O–H groups in total. The topological polar surface area (TPSA) is 74.2 Å². The number of benzene rings is 1. The summed E-state index contributed by atoms with van der Waals surface area (Å²) in [4.78, 5) is 4.46. The summed E-state index contributed by atoms with van der Waals surface area (Å²) in [6, 6.07) is 7.98. The lowest BCUT2D eigenvalue weighted by atomic mass is 10.0. The first-order valence-electron chi connectivity index (χ1n) is 6.62. The third-order valence-corrected chi connectivity index (χ3v) is 3.32. The monoisotopic (exact) mass is 259 g/mol. The predicted molar refractivity (Wildman–Crippen MR) is 70.4 cm³/mol. The van der Waals surface area contributed by atoms with E-state index in [-0.39, 0.29) is 6.10 Å². The lowest BCUT2D eigenvalue weighted by Crippen LogP contribution is -2.04. The maximum Gasteiger partial charge on any atom is 0.258 e. The zero-order chi connectivity index (χ0) is 13.1. The minimum Gasteiger partial charge on any atom is -0.370 e. The Balaban J connectivity index is 1.89. The molecule has 100 valence electrons. The molecule has 1 fully saturated rings. The van der Waals surface area contributed by atoms with Crippen molar-refractivity contribution in [1.29, 1.82) is 0 Å². The van der Waals surface area contributed by atoms with Gasteiger partial charge in [0.15, 0.2) is 0 Å². The highest BCUT2D eigenvalue weighted by atomic mass is 16.5. The lowest BCUT2D eigenvalue weighted by molar-refractivity contribution is 0.103. The van der Waals surface area contributed by atoms with Gasteiger partial charge in [-0.1, -0.05) is 23.4 Å². The average molecular weight is 259 g/mol. The van der Waals surface area contributed by atoms with Crippen molar-refractivity contribution in [2.45, 2.75) is 25.4 Å². The predicted octanol–water partition coefficient (Wildman–Crippen LogP) is 2.09. The molecule has 1 aromatic carbocycles. The third kappa shape index (κ3) is 2.52. The van der Waals surface area contributed by atoms with E-state index in [2.05, 4.69) is 10.1 Å². The Morgan fingerprint density at radius 2 is 2.21 bits per heavy atom. The summed E-state index contributed by atoms with van der Waals surface area (Å²) < 4.78 is 10.9. The van der Waals surface area contributed by atoms with Gasteiger partial charge in [-0.05, 0) is 37.4 Å². The molecule has 1 aliphatic heterocycles. The molecule has 0 bridgehead atoms. The number of hydrogen-bond acceptors (Lipinski definition) is 5. The van der Waals surface area contributed by atoms with Gasteiger partial charge in [-0.2, -0.15) is 4.98 Å². The summed E-state index contributed by atoms with van der Waals surface area (Å²) in [7, 11) is 0.